The van der Waals surface area contributed by atoms with Crippen molar-refractivity contribution in [1.82, 2.24) is 9.78 Å². The molecule has 0 amide bonds. The van der Waals surface area contributed by atoms with Crippen molar-refractivity contribution in [3.05, 3.63) is 17.5 Å². The minimum Gasteiger partial charge on any atom is -0.327 e. The third-order valence-corrected chi connectivity index (χ3v) is 5.09. The lowest BCUT2D eigenvalue weighted by Gasteiger charge is -2.34. The monoisotopic (exact) mass is 277 g/mol. The van der Waals surface area contributed by atoms with E-state index in [1.54, 1.807) is 0 Å². The van der Waals surface area contributed by atoms with E-state index in [-0.39, 0.29) is 0 Å². The van der Waals surface area contributed by atoms with Crippen LogP contribution in [-0.2, 0) is 13.0 Å². The van der Waals surface area contributed by atoms with Crippen LogP contribution in [0.4, 0.5) is 0 Å². The maximum absolute atomic E-state index is 6.49. The van der Waals surface area contributed by atoms with Gasteiger partial charge < -0.3 is 5.73 Å². The summed E-state index contributed by atoms with van der Waals surface area (Å²) in [5, 5.41) is 4.52. The van der Waals surface area contributed by atoms with Gasteiger partial charge in [-0.25, -0.2) is 0 Å². The second kappa shape index (κ2) is 6.75. The van der Waals surface area contributed by atoms with Crippen LogP contribution in [0.2, 0.25) is 0 Å². The van der Waals surface area contributed by atoms with Gasteiger partial charge in [-0.05, 0) is 63.4 Å². The molecular formula is C17H31N3. The van der Waals surface area contributed by atoms with Gasteiger partial charge in [0.05, 0.1) is 5.69 Å². The first-order chi connectivity index (χ1) is 9.51. The minimum atomic E-state index is 0.296. The van der Waals surface area contributed by atoms with Gasteiger partial charge in [0.25, 0.3) is 0 Å². The predicted octanol–water partition coefficient (Wildman–Crippen LogP) is 3.54. The number of nitrogens with zero attached hydrogens (tertiary/aromatic N) is 2. The lowest BCUT2D eigenvalue weighted by atomic mass is 9.74. The Labute approximate surface area is 123 Å². The molecule has 1 aromatic heterocycles. The molecule has 1 heterocycles. The van der Waals surface area contributed by atoms with Crippen molar-refractivity contribution in [2.45, 2.75) is 72.4 Å². The number of nitrogens with two attached hydrogens (primary N) is 1. The molecule has 2 N–H and O–H groups in total. The topological polar surface area (TPSA) is 43.8 Å². The number of aromatic nitrogens is 2. The van der Waals surface area contributed by atoms with E-state index in [1.165, 1.54) is 31.4 Å². The van der Waals surface area contributed by atoms with Crippen LogP contribution in [0.15, 0.2) is 6.07 Å². The highest BCUT2D eigenvalue weighted by Crippen LogP contribution is 2.34. The van der Waals surface area contributed by atoms with E-state index >= 15 is 0 Å². The van der Waals surface area contributed by atoms with Crippen molar-refractivity contribution in [3.63, 3.8) is 0 Å². The molecule has 1 atom stereocenters. The average Bonchev–Trinajstić information content (AvgIpc) is 2.78. The molecule has 3 nitrogen and oxygen atoms in total. The van der Waals surface area contributed by atoms with Gasteiger partial charge in [0.15, 0.2) is 0 Å². The summed E-state index contributed by atoms with van der Waals surface area (Å²) in [6, 6.07) is 2.49. The second-order valence-corrected chi connectivity index (χ2v) is 6.88. The Morgan fingerprint density at radius 2 is 1.85 bits per heavy atom. The molecule has 1 fully saturated rings. The standard InChI is InChI=1S/C17H31N3/c1-5-20-16(10-13(4)19-20)11-17(18)15-8-6-14(7-9-15)12(2)3/h10,12,14-15,17H,5-9,11,18H2,1-4H3. The number of aryl methyl sites for hydroxylation is 2. The van der Waals surface area contributed by atoms with Gasteiger partial charge in [-0.15, -0.1) is 0 Å². The number of hydrogen-bond acceptors (Lipinski definition) is 2. The zero-order chi connectivity index (χ0) is 14.7. The Balaban J connectivity index is 1.91. The summed E-state index contributed by atoms with van der Waals surface area (Å²) in [5.41, 5.74) is 8.91. The molecule has 2 rings (SSSR count). The van der Waals surface area contributed by atoms with E-state index in [0.717, 1.165) is 30.5 Å². The van der Waals surface area contributed by atoms with Crippen molar-refractivity contribution in [1.29, 1.82) is 0 Å². The fraction of sp³-hybridized carbons (Fsp3) is 0.824. The predicted molar refractivity (Wildman–Crippen MR) is 84.6 cm³/mol. The molecule has 20 heavy (non-hydrogen) atoms. The molecule has 0 aliphatic heterocycles. The first kappa shape index (κ1) is 15.6. The lowest BCUT2D eigenvalue weighted by Crippen LogP contribution is -2.36. The largest absolute Gasteiger partial charge is 0.327 e. The Morgan fingerprint density at radius 1 is 1.25 bits per heavy atom. The third-order valence-electron chi connectivity index (χ3n) is 5.09. The third kappa shape index (κ3) is 3.63. The Kier molecular flexibility index (Phi) is 5.25. The van der Waals surface area contributed by atoms with Crippen molar-refractivity contribution in [2.24, 2.45) is 23.5 Å². The van der Waals surface area contributed by atoms with E-state index in [1.807, 2.05) is 0 Å². The van der Waals surface area contributed by atoms with Crippen LogP contribution < -0.4 is 5.73 Å². The quantitative estimate of drug-likeness (QED) is 0.894. The molecule has 1 unspecified atom stereocenters. The summed E-state index contributed by atoms with van der Waals surface area (Å²) in [6.07, 6.45) is 6.32. The molecule has 1 saturated carbocycles. The molecule has 1 aliphatic carbocycles. The normalized spacial score (nSPS) is 25.1. The Bertz CT molecular complexity index is 414. The zero-order valence-electron chi connectivity index (χ0n) is 13.6. The molecule has 0 bridgehead atoms. The van der Waals surface area contributed by atoms with Gasteiger partial charge in [-0.2, -0.15) is 5.10 Å². The highest BCUT2D eigenvalue weighted by atomic mass is 15.3. The van der Waals surface area contributed by atoms with Crippen LogP contribution >= 0.6 is 0 Å². The summed E-state index contributed by atoms with van der Waals surface area (Å²) in [4.78, 5) is 0. The molecule has 114 valence electrons. The van der Waals surface area contributed by atoms with Crippen LogP contribution in [0.1, 0.15) is 57.8 Å². The number of rotatable bonds is 5. The highest BCUT2D eigenvalue weighted by molar-refractivity contribution is 5.10. The van der Waals surface area contributed by atoms with Crippen LogP contribution in [0.5, 0.6) is 0 Å². The molecular weight excluding hydrogens is 246 g/mol. The van der Waals surface area contributed by atoms with E-state index in [9.17, 15) is 0 Å². The SMILES string of the molecule is CCn1nc(C)cc1CC(N)C1CCC(C(C)C)CC1. The summed E-state index contributed by atoms with van der Waals surface area (Å²) in [6.45, 7) is 9.86. The fourth-order valence-corrected chi connectivity index (χ4v) is 3.69. The molecule has 1 aliphatic rings. The van der Waals surface area contributed by atoms with Crippen molar-refractivity contribution < 1.29 is 0 Å². The van der Waals surface area contributed by atoms with Gasteiger partial charge >= 0.3 is 0 Å². The Hall–Kier alpha value is -0.830. The molecule has 1 aromatic rings. The number of hydrogen-bond donors (Lipinski definition) is 1. The van der Waals surface area contributed by atoms with Gasteiger partial charge in [-0.3, -0.25) is 4.68 Å². The minimum absolute atomic E-state index is 0.296. The van der Waals surface area contributed by atoms with Crippen LogP contribution in [0, 0.1) is 24.7 Å². The molecule has 0 saturated heterocycles. The molecule has 0 spiro atoms. The van der Waals surface area contributed by atoms with Crippen LogP contribution in [0.25, 0.3) is 0 Å². The van der Waals surface area contributed by atoms with Crippen molar-refractivity contribution in [2.75, 3.05) is 0 Å². The summed E-state index contributed by atoms with van der Waals surface area (Å²) in [5.74, 6) is 2.45. The smallest absolute Gasteiger partial charge is 0.0596 e. The molecule has 0 aromatic carbocycles. The maximum Gasteiger partial charge on any atom is 0.0596 e. The van der Waals surface area contributed by atoms with E-state index in [2.05, 4.69) is 43.5 Å². The summed E-state index contributed by atoms with van der Waals surface area (Å²) in [7, 11) is 0. The molecule has 3 heteroatoms. The first-order valence-electron chi connectivity index (χ1n) is 8.30. The van der Waals surface area contributed by atoms with E-state index < -0.39 is 0 Å². The zero-order valence-corrected chi connectivity index (χ0v) is 13.6. The van der Waals surface area contributed by atoms with E-state index in [4.69, 9.17) is 5.73 Å². The summed E-state index contributed by atoms with van der Waals surface area (Å²) < 4.78 is 2.11. The van der Waals surface area contributed by atoms with E-state index in [0.29, 0.717) is 12.0 Å². The Morgan fingerprint density at radius 3 is 2.40 bits per heavy atom. The maximum atomic E-state index is 6.49. The van der Waals surface area contributed by atoms with Crippen molar-refractivity contribution in [3.8, 4) is 0 Å². The highest BCUT2D eigenvalue weighted by Gasteiger charge is 2.27. The van der Waals surface area contributed by atoms with Gasteiger partial charge in [-0.1, -0.05) is 13.8 Å². The average molecular weight is 277 g/mol. The van der Waals surface area contributed by atoms with Crippen LogP contribution in [0.3, 0.4) is 0 Å². The first-order valence-corrected chi connectivity index (χ1v) is 8.30. The van der Waals surface area contributed by atoms with Crippen molar-refractivity contribution >= 4 is 0 Å². The van der Waals surface area contributed by atoms with Crippen LogP contribution in [-0.4, -0.2) is 15.8 Å². The second-order valence-electron chi connectivity index (χ2n) is 6.88. The van der Waals surface area contributed by atoms with Gasteiger partial charge in [0, 0.05) is 24.7 Å². The lowest BCUT2D eigenvalue weighted by molar-refractivity contribution is 0.201. The van der Waals surface area contributed by atoms with Gasteiger partial charge in [0.1, 0.15) is 0 Å². The summed E-state index contributed by atoms with van der Waals surface area (Å²) >= 11 is 0. The fourth-order valence-electron chi connectivity index (χ4n) is 3.69. The molecule has 0 radical (unpaired) electrons. The van der Waals surface area contributed by atoms with Gasteiger partial charge in [0.2, 0.25) is 0 Å².